The molecule has 0 fully saturated rings. The van der Waals surface area contributed by atoms with E-state index < -0.39 is 0 Å². The van der Waals surface area contributed by atoms with Crippen LogP contribution in [0.15, 0.2) is 12.1 Å². The van der Waals surface area contributed by atoms with Gasteiger partial charge in [-0.15, -0.1) is 0 Å². The van der Waals surface area contributed by atoms with E-state index in [1.165, 1.54) is 26.2 Å². The fraction of sp³-hybridized carbons (Fsp3) is 0.462. The number of hydrogen-bond acceptors (Lipinski definition) is 5. The molecular weight excluding hydrogens is 250 g/mol. The minimum atomic E-state index is -0.258. The summed E-state index contributed by atoms with van der Waals surface area (Å²) in [6.07, 6.45) is 0. The lowest BCUT2D eigenvalue weighted by atomic mass is 10.1. The molecule has 1 aromatic rings. The van der Waals surface area contributed by atoms with Crippen LogP contribution in [0.4, 0.5) is 0 Å². The van der Waals surface area contributed by atoms with Crippen molar-refractivity contribution in [3.63, 3.8) is 0 Å². The van der Waals surface area contributed by atoms with Crippen molar-refractivity contribution < 1.29 is 24.1 Å². The lowest BCUT2D eigenvalue weighted by molar-refractivity contribution is 0.0763. The highest BCUT2D eigenvalue weighted by atomic mass is 16.5. The van der Waals surface area contributed by atoms with Gasteiger partial charge in [0.05, 0.1) is 33.5 Å². The molecule has 0 aliphatic rings. The third kappa shape index (κ3) is 3.08. The Labute approximate surface area is 112 Å². The van der Waals surface area contributed by atoms with Gasteiger partial charge < -0.3 is 24.2 Å². The molecule has 19 heavy (non-hydrogen) atoms. The molecule has 1 N–H and O–H groups in total. The molecule has 1 rings (SSSR count). The quantitative estimate of drug-likeness (QED) is 0.826. The van der Waals surface area contributed by atoms with E-state index >= 15 is 0 Å². The monoisotopic (exact) mass is 269 g/mol. The van der Waals surface area contributed by atoms with Gasteiger partial charge in [-0.3, -0.25) is 4.79 Å². The van der Waals surface area contributed by atoms with Gasteiger partial charge in [-0.25, -0.2) is 0 Å². The molecular formula is C13H19NO5. The lowest BCUT2D eigenvalue weighted by Gasteiger charge is -2.19. The first-order valence-corrected chi connectivity index (χ1v) is 5.76. The van der Waals surface area contributed by atoms with Crippen LogP contribution in [0.3, 0.4) is 0 Å². The van der Waals surface area contributed by atoms with E-state index in [9.17, 15) is 4.79 Å². The highest BCUT2D eigenvalue weighted by Gasteiger charge is 2.22. The summed E-state index contributed by atoms with van der Waals surface area (Å²) >= 11 is 0. The van der Waals surface area contributed by atoms with E-state index in [0.717, 1.165) is 0 Å². The smallest absolute Gasteiger partial charge is 0.257 e. The molecule has 6 heteroatoms. The average molecular weight is 269 g/mol. The molecule has 0 saturated heterocycles. The topological polar surface area (TPSA) is 68.2 Å². The molecule has 0 spiro atoms. The van der Waals surface area contributed by atoms with Crippen LogP contribution < -0.4 is 14.2 Å². The largest absolute Gasteiger partial charge is 0.493 e. The Balaban J connectivity index is 3.24. The second kappa shape index (κ2) is 6.84. The fourth-order valence-corrected chi connectivity index (χ4v) is 1.73. The Bertz CT molecular complexity index is 447. The van der Waals surface area contributed by atoms with Crippen molar-refractivity contribution in [2.45, 2.75) is 0 Å². The first-order valence-electron chi connectivity index (χ1n) is 5.76. The summed E-state index contributed by atoms with van der Waals surface area (Å²) in [6, 6.07) is 3.25. The maximum absolute atomic E-state index is 12.2. The SMILES string of the molecule is COc1ccc(C(=O)N(C)CCO)c(OC)c1OC. The summed E-state index contributed by atoms with van der Waals surface area (Å²) < 4.78 is 15.6. The first-order chi connectivity index (χ1) is 9.10. The van der Waals surface area contributed by atoms with Gasteiger partial charge in [0.15, 0.2) is 11.5 Å². The van der Waals surface area contributed by atoms with E-state index in [2.05, 4.69) is 0 Å². The van der Waals surface area contributed by atoms with Crippen molar-refractivity contribution in [2.75, 3.05) is 41.5 Å². The van der Waals surface area contributed by atoms with Crippen LogP contribution >= 0.6 is 0 Å². The van der Waals surface area contributed by atoms with Gasteiger partial charge in [0.1, 0.15) is 0 Å². The Hall–Kier alpha value is -1.95. The summed E-state index contributed by atoms with van der Waals surface area (Å²) in [5.74, 6) is 0.914. The fourth-order valence-electron chi connectivity index (χ4n) is 1.73. The van der Waals surface area contributed by atoms with Crippen LogP contribution in [-0.2, 0) is 0 Å². The van der Waals surface area contributed by atoms with Gasteiger partial charge in [-0.05, 0) is 12.1 Å². The summed E-state index contributed by atoms with van der Waals surface area (Å²) in [5.41, 5.74) is 0.358. The predicted octanol–water partition coefficient (Wildman–Crippen LogP) is 0.777. The third-order valence-corrected chi connectivity index (χ3v) is 2.72. The minimum Gasteiger partial charge on any atom is -0.493 e. The number of ether oxygens (including phenoxy) is 3. The molecule has 0 radical (unpaired) electrons. The second-order valence-electron chi connectivity index (χ2n) is 3.83. The average Bonchev–Trinajstić information content (AvgIpc) is 2.44. The maximum atomic E-state index is 12.2. The number of benzene rings is 1. The van der Waals surface area contributed by atoms with Gasteiger partial charge in [0.2, 0.25) is 5.75 Å². The molecule has 0 atom stereocenters. The van der Waals surface area contributed by atoms with Crippen LogP contribution in [0.1, 0.15) is 10.4 Å². The molecule has 0 bridgehead atoms. The number of aliphatic hydroxyl groups excluding tert-OH is 1. The number of methoxy groups -OCH3 is 3. The highest BCUT2D eigenvalue weighted by molar-refractivity contribution is 5.98. The van der Waals surface area contributed by atoms with Crippen molar-refractivity contribution >= 4 is 5.91 Å². The summed E-state index contributed by atoms with van der Waals surface area (Å²) in [7, 11) is 6.05. The van der Waals surface area contributed by atoms with Crippen molar-refractivity contribution in [1.82, 2.24) is 4.90 Å². The van der Waals surface area contributed by atoms with Crippen molar-refractivity contribution in [1.29, 1.82) is 0 Å². The molecule has 6 nitrogen and oxygen atoms in total. The molecule has 0 aliphatic carbocycles. The third-order valence-electron chi connectivity index (χ3n) is 2.72. The summed E-state index contributed by atoms with van der Waals surface area (Å²) in [6.45, 7) is 0.147. The number of rotatable bonds is 6. The Kier molecular flexibility index (Phi) is 5.44. The van der Waals surface area contributed by atoms with Crippen LogP contribution in [0.5, 0.6) is 17.2 Å². The predicted molar refractivity (Wildman–Crippen MR) is 70.1 cm³/mol. The molecule has 0 unspecified atom stereocenters. The normalized spacial score (nSPS) is 9.95. The number of hydrogen-bond donors (Lipinski definition) is 1. The number of likely N-dealkylation sites (N-methyl/N-ethyl adjacent to an activating group) is 1. The van der Waals surface area contributed by atoms with Gasteiger partial charge in [-0.1, -0.05) is 0 Å². The van der Waals surface area contributed by atoms with Gasteiger partial charge >= 0.3 is 0 Å². The van der Waals surface area contributed by atoms with Crippen LogP contribution in [0.2, 0.25) is 0 Å². The summed E-state index contributed by atoms with van der Waals surface area (Å²) in [5, 5.41) is 8.87. The van der Waals surface area contributed by atoms with Crippen LogP contribution in [-0.4, -0.2) is 57.4 Å². The molecule has 0 saturated carbocycles. The number of amides is 1. The Morgan fingerprint density at radius 1 is 1.16 bits per heavy atom. The second-order valence-corrected chi connectivity index (χ2v) is 3.83. The number of carbonyl (C=O) groups excluding carboxylic acids is 1. The van der Waals surface area contributed by atoms with Crippen LogP contribution in [0, 0.1) is 0 Å². The number of aliphatic hydroxyl groups is 1. The van der Waals surface area contributed by atoms with E-state index in [1.54, 1.807) is 19.2 Å². The standard InChI is InChI=1S/C13H19NO5/c1-14(7-8-15)13(16)9-5-6-10(17-2)12(19-4)11(9)18-3/h5-6,15H,7-8H2,1-4H3. The lowest BCUT2D eigenvalue weighted by Crippen LogP contribution is -2.29. The highest BCUT2D eigenvalue weighted by Crippen LogP contribution is 2.39. The number of nitrogens with zero attached hydrogens (tertiary/aromatic N) is 1. The molecule has 1 aromatic carbocycles. The van der Waals surface area contributed by atoms with E-state index in [1.807, 2.05) is 0 Å². The van der Waals surface area contributed by atoms with E-state index in [-0.39, 0.29) is 19.1 Å². The molecule has 1 amide bonds. The summed E-state index contributed by atoms with van der Waals surface area (Å²) in [4.78, 5) is 13.6. The minimum absolute atomic E-state index is 0.0994. The zero-order valence-corrected chi connectivity index (χ0v) is 11.6. The molecule has 0 aromatic heterocycles. The Morgan fingerprint density at radius 3 is 2.26 bits per heavy atom. The van der Waals surface area contributed by atoms with Crippen molar-refractivity contribution in [3.05, 3.63) is 17.7 Å². The van der Waals surface area contributed by atoms with Crippen molar-refractivity contribution in [3.8, 4) is 17.2 Å². The first kappa shape index (κ1) is 15.1. The van der Waals surface area contributed by atoms with Gasteiger partial charge in [0.25, 0.3) is 5.91 Å². The van der Waals surface area contributed by atoms with Gasteiger partial charge in [0, 0.05) is 13.6 Å². The Morgan fingerprint density at radius 2 is 1.79 bits per heavy atom. The van der Waals surface area contributed by atoms with Gasteiger partial charge in [-0.2, -0.15) is 0 Å². The molecule has 0 aliphatic heterocycles. The van der Waals surface area contributed by atoms with E-state index in [0.29, 0.717) is 22.8 Å². The van der Waals surface area contributed by atoms with Crippen LogP contribution in [0.25, 0.3) is 0 Å². The van der Waals surface area contributed by atoms with Crippen molar-refractivity contribution in [2.24, 2.45) is 0 Å². The maximum Gasteiger partial charge on any atom is 0.257 e. The number of carbonyl (C=O) groups is 1. The molecule has 0 heterocycles. The molecule has 106 valence electrons. The van der Waals surface area contributed by atoms with E-state index in [4.69, 9.17) is 19.3 Å². The zero-order chi connectivity index (χ0) is 14.4. The zero-order valence-electron chi connectivity index (χ0n) is 11.6.